The number of likely N-dealkylation sites (N-methyl/N-ethyl adjacent to an activating group) is 1. The third kappa shape index (κ3) is 2.08. The van der Waals surface area contributed by atoms with Gasteiger partial charge in [0.1, 0.15) is 0 Å². The molecule has 0 radical (unpaired) electrons. The van der Waals surface area contributed by atoms with Crippen LogP contribution >= 0.6 is 0 Å². The number of ether oxygens (including phenoxy) is 1. The van der Waals surface area contributed by atoms with Gasteiger partial charge in [0.15, 0.2) is 5.69 Å². The summed E-state index contributed by atoms with van der Waals surface area (Å²) in [6.07, 6.45) is 0.823. The molecule has 1 N–H and O–H groups in total. The summed E-state index contributed by atoms with van der Waals surface area (Å²) < 4.78 is 5.30. The van der Waals surface area contributed by atoms with Crippen LogP contribution in [0.15, 0.2) is 29.1 Å². The zero-order chi connectivity index (χ0) is 14.1. The second kappa shape index (κ2) is 5.05. The molecule has 1 atom stereocenters. The van der Waals surface area contributed by atoms with E-state index in [1.165, 1.54) is 0 Å². The normalized spacial score (nSPS) is 18.4. The SMILES string of the molecule is CN(C(=O)c1n[nH]c(=O)c2ccccc12)C1CCOC1. The van der Waals surface area contributed by atoms with Gasteiger partial charge in [-0.15, -0.1) is 0 Å². The van der Waals surface area contributed by atoms with E-state index in [4.69, 9.17) is 4.74 Å². The van der Waals surface area contributed by atoms with Crippen molar-refractivity contribution < 1.29 is 9.53 Å². The van der Waals surface area contributed by atoms with E-state index in [1.54, 1.807) is 36.2 Å². The number of H-pyrrole nitrogens is 1. The Morgan fingerprint density at radius 1 is 1.40 bits per heavy atom. The molecule has 20 heavy (non-hydrogen) atoms. The highest BCUT2D eigenvalue weighted by Gasteiger charge is 2.27. The van der Waals surface area contributed by atoms with Gasteiger partial charge < -0.3 is 9.64 Å². The number of benzene rings is 1. The number of amides is 1. The maximum atomic E-state index is 12.5. The zero-order valence-corrected chi connectivity index (χ0v) is 11.1. The number of nitrogens with zero attached hydrogens (tertiary/aromatic N) is 2. The molecule has 1 aliphatic rings. The maximum Gasteiger partial charge on any atom is 0.275 e. The summed E-state index contributed by atoms with van der Waals surface area (Å²) in [5.74, 6) is -0.201. The predicted octanol–water partition coefficient (Wildman–Crippen LogP) is 0.784. The summed E-state index contributed by atoms with van der Waals surface area (Å²) in [5.41, 5.74) is -0.0152. The number of carbonyl (C=O) groups excluding carboxylic acids is 1. The van der Waals surface area contributed by atoms with E-state index in [9.17, 15) is 9.59 Å². The topological polar surface area (TPSA) is 75.3 Å². The first-order valence-electron chi connectivity index (χ1n) is 6.51. The van der Waals surface area contributed by atoms with E-state index < -0.39 is 0 Å². The van der Waals surface area contributed by atoms with Crippen molar-refractivity contribution in [2.24, 2.45) is 0 Å². The monoisotopic (exact) mass is 273 g/mol. The van der Waals surface area contributed by atoms with Gasteiger partial charge in [-0.1, -0.05) is 18.2 Å². The van der Waals surface area contributed by atoms with Crippen LogP contribution in [0.3, 0.4) is 0 Å². The Labute approximate surface area is 115 Å². The highest BCUT2D eigenvalue weighted by atomic mass is 16.5. The van der Waals surface area contributed by atoms with Crippen molar-refractivity contribution in [3.05, 3.63) is 40.3 Å². The minimum Gasteiger partial charge on any atom is -0.379 e. The molecule has 1 unspecified atom stereocenters. The molecule has 2 heterocycles. The van der Waals surface area contributed by atoms with Gasteiger partial charge in [-0.05, 0) is 12.5 Å². The molecule has 1 fully saturated rings. The number of hydrogen-bond donors (Lipinski definition) is 1. The average molecular weight is 273 g/mol. The Bertz CT molecular complexity index is 704. The molecule has 104 valence electrons. The van der Waals surface area contributed by atoms with E-state index in [1.807, 2.05) is 0 Å². The summed E-state index contributed by atoms with van der Waals surface area (Å²) in [4.78, 5) is 25.9. The lowest BCUT2D eigenvalue weighted by atomic mass is 10.1. The minimum atomic E-state index is -0.288. The molecule has 0 saturated carbocycles. The van der Waals surface area contributed by atoms with Crippen LogP contribution in [0.25, 0.3) is 10.8 Å². The van der Waals surface area contributed by atoms with Gasteiger partial charge in [0.25, 0.3) is 11.5 Å². The lowest BCUT2D eigenvalue weighted by Crippen LogP contribution is -2.38. The summed E-state index contributed by atoms with van der Waals surface area (Å²) >= 11 is 0. The van der Waals surface area contributed by atoms with Crippen LogP contribution in [-0.2, 0) is 4.74 Å². The lowest BCUT2D eigenvalue weighted by molar-refractivity contribution is 0.0706. The standard InChI is InChI=1S/C14H15N3O3/c1-17(9-6-7-20-8-9)14(19)12-10-4-2-3-5-11(10)13(18)16-15-12/h2-5,9H,6-8H2,1H3,(H,16,18). The molecule has 6 heteroatoms. The van der Waals surface area contributed by atoms with Gasteiger partial charge in [0.05, 0.1) is 18.0 Å². The lowest BCUT2D eigenvalue weighted by Gasteiger charge is -2.22. The average Bonchev–Trinajstić information content (AvgIpc) is 3.01. The molecule has 0 bridgehead atoms. The van der Waals surface area contributed by atoms with Crippen molar-refractivity contribution in [3.63, 3.8) is 0 Å². The fourth-order valence-corrected chi connectivity index (χ4v) is 2.44. The van der Waals surface area contributed by atoms with Gasteiger partial charge in [0, 0.05) is 19.0 Å². The third-order valence-electron chi connectivity index (χ3n) is 3.67. The Morgan fingerprint density at radius 3 is 2.85 bits per heavy atom. The second-order valence-electron chi connectivity index (χ2n) is 4.88. The molecule has 1 aromatic heterocycles. The number of nitrogens with one attached hydrogen (secondary N) is 1. The molecule has 0 spiro atoms. The van der Waals surface area contributed by atoms with E-state index >= 15 is 0 Å². The predicted molar refractivity (Wildman–Crippen MR) is 73.7 cm³/mol. The van der Waals surface area contributed by atoms with Crippen molar-refractivity contribution in [2.75, 3.05) is 20.3 Å². The van der Waals surface area contributed by atoms with E-state index in [2.05, 4.69) is 10.2 Å². The smallest absolute Gasteiger partial charge is 0.275 e. The molecule has 3 rings (SSSR count). The fourth-order valence-electron chi connectivity index (χ4n) is 2.44. The molecule has 1 saturated heterocycles. The van der Waals surface area contributed by atoms with Crippen LogP contribution in [0.1, 0.15) is 16.9 Å². The molecule has 1 aromatic carbocycles. The first-order valence-corrected chi connectivity index (χ1v) is 6.51. The third-order valence-corrected chi connectivity index (χ3v) is 3.67. The molecular formula is C14H15N3O3. The molecule has 2 aromatic rings. The first-order chi connectivity index (χ1) is 9.68. The van der Waals surface area contributed by atoms with Gasteiger partial charge in [-0.3, -0.25) is 9.59 Å². The van der Waals surface area contributed by atoms with Crippen LogP contribution in [0.2, 0.25) is 0 Å². The number of fused-ring (bicyclic) bond motifs is 1. The minimum absolute atomic E-state index is 0.0648. The van der Waals surface area contributed by atoms with Crippen molar-refractivity contribution in [3.8, 4) is 0 Å². The summed E-state index contributed by atoms with van der Waals surface area (Å²) in [5, 5.41) is 7.36. The molecule has 1 amide bonds. The van der Waals surface area contributed by atoms with Crippen molar-refractivity contribution in [2.45, 2.75) is 12.5 Å². The summed E-state index contributed by atoms with van der Waals surface area (Å²) in [6, 6.07) is 7.05. The Morgan fingerprint density at radius 2 is 2.15 bits per heavy atom. The van der Waals surface area contributed by atoms with Gasteiger partial charge in [0.2, 0.25) is 0 Å². The fraction of sp³-hybridized carbons (Fsp3) is 0.357. The first kappa shape index (κ1) is 12.8. The van der Waals surface area contributed by atoms with Crippen LogP contribution in [-0.4, -0.2) is 47.3 Å². The number of carbonyl (C=O) groups is 1. The maximum absolute atomic E-state index is 12.5. The number of aromatic amines is 1. The molecular weight excluding hydrogens is 258 g/mol. The van der Waals surface area contributed by atoms with Gasteiger partial charge in [-0.2, -0.15) is 5.10 Å². The highest BCUT2D eigenvalue weighted by molar-refractivity contribution is 6.04. The molecule has 0 aliphatic carbocycles. The second-order valence-corrected chi connectivity index (χ2v) is 4.88. The van der Waals surface area contributed by atoms with Crippen molar-refractivity contribution in [1.29, 1.82) is 0 Å². The number of rotatable bonds is 2. The Balaban J connectivity index is 2.03. The van der Waals surface area contributed by atoms with E-state index in [0.717, 1.165) is 6.42 Å². The van der Waals surface area contributed by atoms with Crippen LogP contribution in [0, 0.1) is 0 Å². The van der Waals surface area contributed by atoms with Crippen molar-refractivity contribution in [1.82, 2.24) is 15.1 Å². The van der Waals surface area contributed by atoms with E-state index in [-0.39, 0.29) is 23.2 Å². The number of aromatic nitrogens is 2. The van der Waals surface area contributed by atoms with Crippen LogP contribution in [0.5, 0.6) is 0 Å². The largest absolute Gasteiger partial charge is 0.379 e. The Hall–Kier alpha value is -2.21. The molecule has 1 aliphatic heterocycles. The van der Waals surface area contributed by atoms with Crippen molar-refractivity contribution >= 4 is 16.7 Å². The summed E-state index contributed by atoms with van der Waals surface area (Å²) in [7, 11) is 1.74. The highest BCUT2D eigenvalue weighted by Crippen LogP contribution is 2.17. The molecule has 6 nitrogen and oxygen atoms in total. The Kier molecular flexibility index (Phi) is 3.23. The quantitative estimate of drug-likeness (QED) is 0.877. The van der Waals surface area contributed by atoms with E-state index in [0.29, 0.717) is 24.0 Å². The summed E-state index contributed by atoms with van der Waals surface area (Å²) in [6.45, 7) is 1.21. The number of hydrogen-bond acceptors (Lipinski definition) is 4. The van der Waals surface area contributed by atoms with Crippen LogP contribution < -0.4 is 5.56 Å². The van der Waals surface area contributed by atoms with Gasteiger partial charge in [-0.25, -0.2) is 5.10 Å². The zero-order valence-electron chi connectivity index (χ0n) is 11.1. The van der Waals surface area contributed by atoms with Crippen LogP contribution in [0.4, 0.5) is 0 Å². The van der Waals surface area contributed by atoms with Gasteiger partial charge >= 0.3 is 0 Å².